The van der Waals surface area contributed by atoms with Gasteiger partial charge in [0.2, 0.25) is 4.80 Å². The Hall–Kier alpha value is -2.87. The number of alkyl halides is 2. The van der Waals surface area contributed by atoms with E-state index in [1.54, 1.807) is 42.1 Å². The quantitative estimate of drug-likeness (QED) is 0.609. The molecule has 1 aromatic heterocycles. The molecule has 0 radical (unpaired) electrons. The molecule has 0 N–H and O–H groups in total. The van der Waals surface area contributed by atoms with Gasteiger partial charge in [-0.25, -0.2) is 9.07 Å². The zero-order valence-corrected chi connectivity index (χ0v) is 14.5. The van der Waals surface area contributed by atoms with E-state index in [-0.39, 0.29) is 11.6 Å². The summed E-state index contributed by atoms with van der Waals surface area (Å²) in [6, 6.07) is 12.5. The fraction of sp³-hybridized carbons (Fsp3) is 0.111. The Morgan fingerprint density at radius 1 is 1.12 bits per heavy atom. The number of thiazole rings is 1. The molecule has 0 spiro atoms. The van der Waals surface area contributed by atoms with Gasteiger partial charge in [0.15, 0.2) is 0 Å². The van der Waals surface area contributed by atoms with Crippen LogP contribution in [0.4, 0.5) is 13.2 Å². The molecular weight excluding hydrogens is 363 g/mol. The molecule has 0 atom stereocenters. The van der Waals surface area contributed by atoms with Crippen LogP contribution in [0.2, 0.25) is 0 Å². The Balaban J connectivity index is 1.97. The lowest BCUT2D eigenvalue weighted by Gasteiger charge is -2.06. The van der Waals surface area contributed by atoms with Gasteiger partial charge in [-0.2, -0.15) is 13.9 Å². The fourth-order valence-electron chi connectivity index (χ4n) is 2.27. The largest absolute Gasteiger partial charge is 0.435 e. The van der Waals surface area contributed by atoms with Crippen LogP contribution in [0.1, 0.15) is 5.56 Å². The van der Waals surface area contributed by atoms with E-state index in [0.717, 1.165) is 5.56 Å². The highest BCUT2D eigenvalue weighted by atomic mass is 32.1. The van der Waals surface area contributed by atoms with Crippen molar-refractivity contribution in [2.45, 2.75) is 6.61 Å². The van der Waals surface area contributed by atoms with Crippen LogP contribution < -0.4 is 9.54 Å². The van der Waals surface area contributed by atoms with Gasteiger partial charge >= 0.3 is 6.61 Å². The Labute approximate surface area is 151 Å². The van der Waals surface area contributed by atoms with Crippen molar-refractivity contribution >= 4 is 17.6 Å². The van der Waals surface area contributed by atoms with Crippen molar-refractivity contribution in [2.24, 2.45) is 10.1 Å². The first-order valence-corrected chi connectivity index (χ1v) is 8.44. The van der Waals surface area contributed by atoms with Crippen LogP contribution in [0, 0.1) is 5.82 Å². The van der Waals surface area contributed by atoms with E-state index >= 15 is 0 Å². The predicted octanol–water partition coefficient (Wildman–Crippen LogP) is 4.37. The van der Waals surface area contributed by atoms with Gasteiger partial charge in [0, 0.05) is 23.6 Å². The Morgan fingerprint density at radius 2 is 1.85 bits per heavy atom. The fourth-order valence-corrected chi connectivity index (χ4v) is 3.07. The van der Waals surface area contributed by atoms with Gasteiger partial charge < -0.3 is 4.74 Å². The van der Waals surface area contributed by atoms with E-state index in [2.05, 4.69) is 14.8 Å². The van der Waals surface area contributed by atoms with Crippen molar-refractivity contribution in [3.63, 3.8) is 0 Å². The molecule has 26 heavy (non-hydrogen) atoms. The summed E-state index contributed by atoms with van der Waals surface area (Å²) in [5.74, 6) is -0.307. The van der Waals surface area contributed by atoms with Crippen molar-refractivity contribution in [3.05, 3.63) is 70.1 Å². The summed E-state index contributed by atoms with van der Waals surface area (Å²) in [6.07, 6.45) is 1.41. The summed E-state index contributed by atoms with van der Waals surface area (Å²) in [6.45, 7) is -2.87. The van der Waals surface area contributed by atoms with Crippen molar-refractivity contribution in [1.82, 2.24) is 4.68 Å². The minimum absolute atomic E-state index is 0.0702. The van der Waals surface area contributed by atoms with E-state index in [4.69, 9.17) is 0 Å². The maximum atomic E-state index is 13.8. The van der Waals surface area contributed by atoms with Crippen LogP contribution >= 0.6 is 11.3 Å². The molecule has 0 aliphatic carbocycles. The normalized spacial score (nSPS) is 12.3. The first-order valence-electron chi connectivity index (χ1n) is 7.56. The lowest BCUT2D eigenvalue weighted by molar-refractivity contribution is -0.0498. The SMILES string of the molecule is CN=c1scc(-c2ccc(OC(F)F)cc2)n1N=Cc1ccccc1F. The monoisotopic (exact) mass is 377 g/mol. The molecule has 0 fully saturated rings. The average molecular weight is 377 g/mol. The second kappa shape index (κ2) is 8.01. The predicted molar refractivity (Wildman–Crippen MR) is 95.3 cm³/mol. The molecule has 3 rings (SSSR count). The summed E-state index contributed by atoms with van der Waals surface area (Å²) in [5.41, 5.74) is 1.79. The number of hydrogen-bond acceptors (Lipinski definition) is 4. The van der Waals surface area contributed by atoms with E-state index in [0.29, 0.717) is 16.1 Å². The zero-order chi connectivity index (χ0) is 18.5. The molecule has 0 aliphatic heterocycles. The lowest BCUT2D eigenvalue weighted by atomic mass is 10.2. The molecule has 0 unspecified atom stereocenters. The molecule has 0 saturated carbocycles. The number of halogens is 3. The van der Waals surface area contributed by atoms with Crippen molar-refractivity contribution < 1.29 is 17.9 Å². The van der Waals surface area contributed by atoms with Crippen LogP contribution in [0.25, 0.3) is 11.3 Å². The van der Waals surface area contributed by atoms with Gasteiger partial charge in [-0.15, -0.1) is 11.3 Å². The Bertz CT molecular complexity index is 978. The summed E-state index contributed by atoms with van der Waals surface area (Å²) < 4.78 is 44.2. The van der Waals surface area contributed by atoms with Gasteiger partial charge in [-0.1, -0.05) is 18.2 Å². The van der Waals surface area contributed by atoms with Crippen LogP contribution in [0.5, 0.6) is 5.75 Å². The summed E-state index contributed by atoms with van der Waals surface area (Å²) in [5, 5.41) is 6.17. The van der Waals surface area contributed by atoms with Crippen LogP contribution in [-0.2, 0) is 0 Å². The highest BCUT2D eigenvalue weighted by Gasteiger charge is 2.09. The highest BCUT2D eigenvalue weighted by molar-refractivity contribution is 7.07. The van der Waals surface area contributed by atoms with Gasteiger partial charge in [-0.05, 0) is 30.3 Å². The molecule has 3 aromatic rings. The molecule has 2 aromatic carbocycles. The van der Waals surface area contributed by atoms with Gasteiger partial charge in [0.1, 0.15) is 11.6 Å². The minimum Gasteiger partial charge on any atom is -0.435 e. The minimum atomic E-state index is -2.87. The number of nitrogens with zero attached hydrogens (tertiary/aromatic N) is 3. The van der Waals surface area contributed by atoms with E-state index in [1.807, 2.05) is 5.38 Å². The van der Waals surface area contributed by atoms with Crippen LogP contribution in [0.3, 0.4) is 0 Å². The summed E-state index contributed by atoms with van der Waals surface area (Å²) in [4.78, 5) is 4.77. The number of aromatic nitrogens is 1. The standard InChI is InChI=1S/C18H14F3N3OS/c1-22-18-24(23-10-13-4-2-3-5-15(13)19)16(11-26-18)12-6-8-14(9-7-12)25-17(20)21/h2-11,17H,1H3. The second-order valence-electron chi connectivity index (χ2n) is 5.11. The smallest absolute Gasteiger partial charge is 0.387 e. The van der Waals surface area contributed by atoms with Gasteiger partial charge in [0.25, 0.3) is 0 Å². The lowest BCUT2D eigenvalue weighted by Crippen LogP contribution is -2.11. The molecule has 0 bridgehead atoms. The molecule has 8 heteroatoms. The average Bonchev–Trinajstić information content (AvgIpc) is 3.04. The van der Waals surface area contributed by atoms with Crippen molar-refractivity contribution in [3.8, 4) is 17.0 Å². The maximum Gasteiger partial charge on any atom is 0.387 e. The molecule has 134 valence electrons. The first kappa shape index (κ1) is 17.9. The number of hydrogen-bond donors (Lipinski definition) is 0. The maximum absolute atomic E-state index is 13.8. The topological polar surface area (TPSA) is 38.9 Å². The van der Waals surface area contributed by atoms with E-state index < -0.39 is 6.61 Å². The van der Waals surface area contributed by atoms with Crippen LogP contribution in [-0.4, -0.2) is 24.5 Å². The number of benzene rings is 2. The summed E-state index contributed by atoms with van der Waals surface area (Å²) >= 11 is 1.36. The molecule has 0 aliphatic rings. The first-order chi connectivity index (χ1) is 12.6. The third-order valence-corrected chi connectivity index (χ3v) is 4.38. The molecule has 0 amide bonds. The zero-order valence-electron chi connectivity index (χ0n) is 13.6. The van der Waals surface area contributed by atoms with Crippen molar-refractivity contribution in [2.75, 3.05) is 7.05 Å². The number of ether oxygens (including phenoxy) is 1. The van der Waals surface area contributed by atoms with Crippen LogP contribution in [0.15, 0.2) is 64.0 Å². The van der Waals surface area contributed by atoms with Gasteiger partial charge in [0.05, 0.1) is 11.9 Å². The van der Waals surface area contributed by atoms with E-state index in [9.17, 15) is 13.2 Å². The molecule has 4 nitrogen and oxygen atoms in total. The Morgan fingerprint density at radius 3 is 2.50 bits per heavy atom. The van der Waals surface area contributed by atoms with Crippen molar-refractivity contribution in [1.29, 1.82) is 0 Å². The molecule has 1 heterocycles. The number of rotatable bonds is 5. The Kier molecular flexibility index (Phi) is 5.52. The van der Waals surface area contributed by atoms with E-state index in [1.165, 1.54) is 35.8 Å². The summed E-state index contributed by atoms with van der Waals surface area (Å²) in [7, 11) is 1.63. The molecular formula is C18H14F3N3OS. The highest BCUT2D eigenvalue weighted by Crippen LogP contribution is 2.24. The second-order valence-corrected chi connectivity index (χ2v) is 5.94. The third kappa shape index (κ3) is 4.02. The molecule has 0 saturated heterocycles. The van der Waals surface area contributed by atoms with Gasteiger partial charge in [-0.3, -0.25) is 4.99 Å². The third-order valence-electron chi connectivity index (χ3n) is 3.47.